The first-order valence-electron chi connectivity index (χ1n) is 16.4. The zero-order chi connectivity index (χ0) is 32.1. The first kappa shape index (κ1) is 26.7. The molecule has 228 valence electrons. The van der Waals surface area contributed by atoms with Crippen molar-refractivity contribution in [2.45, 2.75) is 0 Å². The quantitative estimate of drug-likeness (QED) is 0.192. The number of hydrogen-bond acceptors (Lipinski definition) is 4. The number of pyridine rings is 1. The molecule has 0 unspecified atom stereocenters. The van der Waals surface area contributed by atoms with Crippen LogP contribution in [0.25, 0.3) is 97.7 Å². The minimum absolute atomic E-state index is 0.653. The van der Waals surface area contributed by atoms with E-state index in [1.165, 1.54) is 42.5 Å². The fourth-order valence-electron chi connectivity index (χ4n) is 7.80. The Bertz CT molecular complexity index is 3100. The lowest BCUT2D eigenvalue weighted by atomic mass is 10.0. The Kier molecular flexibility index (Phi) is 5.48. The number of nitrogens with zero attached hydrogens (tertiary/aromatic N) is 5. The van der Waals surface area contributed by atoms with Gasteiger partial charge in [0.05, 0.1) is 33.3 Å². The Morgan fingerprint density at radius 2 is 1.06 bits per heavy atom. The summed E-state index contributed by atoms with van der Waals surface area (Å²) in [5, 5.41) is 8.16. The number of para-hydroxylation sites is 4. The minimum Gasteiger partial charge on any atom is -0.308 e. The van der Waals surface area contributed by atoms with Gasteiger partial charge in [0.1, 0.15) is 4.83 Å². The highest BCUT2D eigenvalue weighted by Crippen LogP contribution is 2.50. The second-order valence-corrected chi connectivity index (χ2v) is 13.4. The molecule has 0 radical (unpaired) electrons. The summed E-state index contributed by atoms with van der Waals surface area (Å²) in [5.41, 5.74) is 8.51. The van der Waals surface area contributed by atoms with E-state index in [0.717, 1.165) is 49.2 Å². The van der Waals surface area contributed by atoms with Crippen molar-refractivity contribution in [1.82, 2.24) is 24.1 Å². The highest BCUT2D eigenvalue weighted by atomic mass is 32.1. The lowest BCUT2D eigenvalue weighted by Gasteiger charge is -2.13. The van der Waals surface area contributed by atoms with Gasteiger partial charge < -0.3 is 4.57 Å². The monoisotopic (exact) mass is 643 g/mol. The zero-order valence-corrected chi connectivity index (χ0v) is 26.9. The lowest BCUT2D eigenvalue weighted by molar-refractivity contribution is 1.02. The molecule has 0 saturated heterocycles. The average molecular weight is 644 g/mol. The normalized spacial score (nSPS) is 12.1. The molecule has 5 aromatic heterocycles. The molecule has 0 aliphatic rings. The van der Waals surface area contributed by atoms with Crippen LogP contribution >= 0.6 is 11.3 Å². The fraction of sp³-hybridized carbons (Fsp3) is 0. The predicted octanol–water partition coefficient (Wildman–Crippen LogP) is 11.3. The zero-order valence-electron chi connectivity index (χ0n) is 26.1. The number of rotatable bonds is 3. The molecular weight excluding hydrogens is 619 g/mol. The first-order valence-corrected chi connectivity index (χ1v) is 17.2. The Morgan fingerprint density at radius 1 is 0.469 bits per heavy atom. The molecular formula is C43H25N5S. The van der Waals surface area contributed by atoms with Crippen molar-refractivity contribution in [2.24, 2.45) is 0 Å². The molecule has 49 heavy (non-hydrogen) atoms. The summed E-state index contributed by atoms with van der Waals surface area (Å²) in [6.45, 7) is 0. The Labute approximate surface area is 284 Å². The van der Waals surface area contributed by atoms with Crippen LogP contribution in [-0.2, 0) is 0 Å². The molecule has 0 aliphatic heterocycles. The van der Waals surface area contributed by atoms with Crippen LogP contribution in [0.3, 0.4) is 0 Å². The van der Waals surface area contributed by atoms with Crippen molar-refractivity contribution in [1.29, 1.82) is 0 Å². The number of hydrogen-bond donors (Lipinski definition) is 0. The topological polar surface area (TPSA) is 48.5 Å². The Balaban J connectivity index is 1.44. The molecule has 0 atom stereocenters. The van der Waals surface area contributed by atoms with E-state index in [-0.39, 0.29) is 0 Å². The number of fused-ring (bicyclic) bond motifs is 13. The molecule has 0 fully saturated rings. The number of aromatic nitrogens is 5. The van der Waals surface area contributed by atoms with Gasteiger partial charge in [-0.2, -0.15) is 0 Å². The fourth-order valence-corrected chi connectivity index (χ4v) is 9.00. The average Bonchev–Trinajstić information content (AvgIpc) is 3.83. The highest BCUT2D eigenvalue weighted by molar-refractivity contribution is 7.26. The van der Waals surface area contributed by atoms with Gasteiger partial charge >= 0.3 is 0 Å². The van der Waals surface area contributed by atoms with E-state index in [4.69, 9.17) is 15.0 Å². The molecule has 0 bridgehead atoms. The van der Waals surface area contributed by atoms with E-state index in [9.17, 15) is 0 Å². The molecule has 0 N–H and O–H groups in total. The summed E-state index contributed by atoms with van der Waals surface area (Å²) in [6, 6.07) is 51.2. The van der Waals surface area contributed by atoms with Crippen LogP contribution in [0, 0.1) is 0 Å². The van der Waals surface area contributed by atoms with E-state index in [2.05, 4.69) is 149 Å². The number of thiophene rings is 1. The van der Waals surface area contributed by atoms with Crippen molar-refractivity contribution in [2.75, 3.05) is 0 Å². The largest absolute Gasteiger partial charge is 0.308 e. The van der Waals surface area contributed by atoms with Gasteiger partial charge in [0.15, 0.2) is 0 Å². The third-order valence-electron chi connectivity index (χ3n) is 9.77. The molecule has 0 amide bonds. The summed E-state index contributed by atoms with van der Waals surface area (Å²) in [5.74, 6) is 0.653. The van der Waals surface area contributed by atoms with Crippen LogP contribution in [0.2, 0.25) is 0 Å². The van der Waals surface area contributed by atoms with Gasteiger partial charge in [0, 0.05) is 59.9 Å². The van der Waals surface area contributed by atoms with Gasteiger partial charge in [-0.1, -0.05) is 103 Å². The van der Waals surface area contributed by atoms with Crippen molar-refractivity contribution < 1.29 is 0 Å². The molecule has 0 saturated carbocycles. The highest BCUT2D eigenvalue weighted by Gasteiger charge is 2.27. The molecule has 6 heteroatoms. The van der Waals surface area contributed by atoms with E-state index in [1.54, 1.807) is 11.3 Å². The van der Waals surface area contributed by atoms with Gasteiger partial charge in [0.2, 0.25) is 5.95 Å². The van der Waals surface area contributed by atoms with Gasteiger partial charge in [-0.3, -0.25) is 4.57 Å². The van der Waals surface area contributed by atoms with E-state index >= 15 is 0 Å². The van der Waals surface area contributed by atoms with Crippen LogP contribution < -0.4 is 0 Å². The van der Waals surface area contributed by atoms with Crippen LogP contribution in [0.1, 0.15) is 0 Å². The van der Waals surface area contributed by atoms with Crippen LogP contribution in [0.5, 0.6) is 0 Å². The lowest BCUT2D eigenvalue weighted by Crippen LogP contribution is -2.03. The molecule has 5 nitrogen and oxygen atoms in total. The van der Waals surface area contributed by atoms with Gasteiger partial charge in [0.25, 0.3) is 0 Å². The van der Waals surface area contributed by atoms with Gasteiger partial charge in [-0.15, -0.1) is 11.3 Å². The summed E-state index contributed by atoms with van der Waals surface area (Å²) in [7, 11) is 0. The number of benzene rings is 6. The van der Waals surface area contributed by atoms with Crippen molar-refractivity contribution in [3.05, 3.63) is 152 Å². The second-order valence-electron chi connectivity index (χ2n) is 12.4. The standard InChI is InChI=1S/C43H25N5S/c1-3-14-26(15-4-1)38-28-18-7-10-22-32(28)45-43(46-38)48-34-24-12-9-20-30(34)36-40(48)35-29-19-8-11-23-33(29)47(27-16-5-2-6-17-27)39(35)37-31-21-13-25-44-42(31)49-41(36)37/h1-25H. The molecule has 6 aromatic carbocycles. The van der Waals surface area contributed by atoms with Crippen LogP contribution in [0.4, 0.5) is 0 Å². The van der Waals surface area contributed by atoms with Gasteiger partial charge in [-0.25, -0.2) is 15.0 Å². The van der Waals surface area contributed by atoms with Crippen LogP contribution in [-0.4, -0.2) is 24.1 Å². The summed E-state index contributed by atoms with van der Waals surface area (Å²) in [6.07, 6.45) is 1.90. The van der Waals surface area contributed by atoms with Crippen molar-refractivity contribution >= 4 is 86.2 Å². The van der Waals surface area contributed by atoms with E-state index < -0.39 is 0 Å². The summed E-state index contributed by atoms with van der Waals surface area (Å²) < 4.78 is 5.96. The molecule has 11 rings (SSSR count). The molecule has 0 aliphatic carbocycles. The SMILES string of the molecule is c1ccc(-c2nc(-n3c4ccccc4c4c5sc6ncccc6c5c5c(c6ccccc6n5-c5ccccc5)c43)nc3ccccc23)cc1. The van der Waals surface area contributed by atoms with Crippen molar-refractivity contribution in [3.63, 3.8) is 0 Å². The first-order chi connectivity index (χ1) is 24.3. The third kappa shape index (κ3) is 3.66. The molecule has 0 spiro atoms. The summed E-state index contributed by atoms with van der Waals surface area (Å²) in [4.78, 5) is 16.7. The molecule has 5 heterocycles. The maximum Gasteiger partial charge on any atom is 0.235 e. The predicted molar refractivity (Wildman–Crippen MR) is 204 cm³/mol. The Morgan fingerprint density at radius 3 is 1.86 bits per heavy atom. The maximum absolute atomic E-state index is 5.42. The minimum atomic E-state index is 0.653. The maximum atomic E-state index is 5.42. The van der Waals surface area contributed by atoms with Crippen LogP contribution in [0.15, 0.2) is 152 Å². The second kappa shape index (κ2) is 10.1. The molecule has 11 aromatic rings. The van der Waals surface area contributed by atoms with Gasteiger partial charge in [-0.05, 0) is 42.5 Å². The van der Waals surface area contributed by atoms with E-state index in [1.807, 2.05) is 12.3 Å². The summed E-state index contributed by atoms with van der Waals surface area (Å²) >= 11 is 1.77. The Hall–Kier alpha value is -6.37. The van der Waals surface area contributed by atoms with E-state index in [0.29, 0.717) is 5.95 Å². The third-order valence-corrected chi connectivity index (χ3v) is 10.9. The van der Waals surface area contributed by atoms with Crippen molar-refractivity contribution in [3.8, 4) is 22.9 Å². The smallest absolute Gasteiger partial charge is 0.235 e.